The molecule has 2 unspecified atom stereocenters. The Hall–Kier alpha value is -3.08. The Morgan fingerprint density at radius 3 is 2.41 bits per heavy atom. The first-order valence-corrected chi connectivity index (χ1v) is 12.4. The zero-order valence-corrected chi connectivity index (χ0v) is 20.3. The molecule has 5 nitrogen and oxygen atoms in total. The van der Waals surface area contributed by atoms with Crippen molar-refractivity contribution >= 4 is 28.4 Å². The van der Waals surface area contributed by atoms with Crippen LogP contribution in [-0.2, 0) is 9.59 Å². The lowest BCUT2D eigenvalue weighted by atomic mass is 9.56. The van der Waals surface area contributed by atoms with Crippen molar-refractivity contribution in [2.45, 2.75) is 51.9 Å². The number of carbonyl (C=O) groups excluding carboxylic acids is 2. The Morgan fingerprint density at radius 1 is 0.971 bits per heavy atom. The minimum absolute atomic E-state index is 0.0472. The third kappa shape index (κ3) is 2.98. The first kappa shape index (κ1) is 21.5. The van der Waals surface area contributed by atoms with E-state index in [1.165, 1.54) is 15.8 Å². The summed E-state index contributed by atoms with van der Waals surface area (Å²) in [6, 6.07) is 15.6. The summed E-state index contributed by atoms with van der Waals surface area (Å²) in [5, 5.41) is 1.21. The Kier molecular flexibility index (Phi) is 4.71. The number of ether oxygens (including phenoxy) is 1. The van der Waals surface area contributed by atoms with Crippen molar-refractivity contribution in [3.05, 3.63) is 59.8 Å². The smallest absolute Gasteiger partial charge is 0.243 e. The Bertz CT molecular complexity index is 1280. The standard InChI is InChI=1S/C29H32N2O3/c1-29(2,3)16-9-14-19-21(15-16)24-25(26-23(19)20-7-5-6-8-22(20)30-26)28(33)31(27(24)32)17-10-12-18(34-4)13-11-17/h5-8,10-13,16,19,21,24-25,30H,9,14-15H2,1-4H3/t16?,19?,21-,24-,25-/m0/s1. The number of amides is 2. The van der Waals surface area contributed by atoms with E-state index in [-0.39, 0.29) is 29.1 Å². The summed E-state index contributed by atoms with van der Waals surface area (Å²) in [7, 11) is 1.61. The van der Waals surface area contributed by atoms with E-state index in [9.17, 15) is 9.59 Å². The van der Waals surface area contributed by atoms with Gasteiger partial charge in [-0.25, -0.2) is 4.90 Å². The van der Waals surface area contributed by atoms with Crippen LogP contribution in [0.15, 0.2) is 48.5 Å². The third-order valence-electron chi connectivity index (χ3n) is 8.73. The molecule has 176 valence electrons. The number of nitrogens with zero attached hydrogens (tertiary/aromatic N) is 1. The number of hydrogen-bond acceptors (Lipinski definition) is 3. The second-order valence-corrected chi connectivity index (χ2v) is 11.4. The molecule has 0 spiro atoms. The second-order valence-electron chi connectivity index (χ2n) is 11.4. The molecule has 0 radical (unpaired) electrons. The molecule has 6 rings (SSSR count). The molecule has 5 heteroatoms. The van der Waals surface area contributed by atoms with Gasteiger partial charge in [-0.3, -0.25) is 9.59 Å². The van der Waals surface area contributed by atoms with Crippen molar-refractivity contribution in [2.75, 3.05) is 12.0 Å². The van der Waals surface area contributed by atoms with E-state index in [1.54, 1.807) is 7.11 Å². The Balaban J connectivity index is 1.50. The Labute approximate surface area is 200 Å². The number of fused-ring (bicyclic) bond motifs is 8. The average Bonchev–Trinajstić information content (AvgIpc) is 3.33. The number of rotatable bonds is 2. The van der Waals surface area contributed by atoms with Gasteiger partial charge in [-0.1, -0.05) is 39.0 Å². The van der Waals surface area contributed by atoms with Crippen LogP contribution in [-0.4, -0.2) is 23.9 Å². The molecule has 1 saturated heterocycles. The highest BCUT2D eigenvalue weighted by molar-refractivity contribution is 6.24. The van der Waals surface area contributed by atoms with E-state index in [0.29, 0.717) is 23.3 Å². The van der Waals surface area contributed by atoms with Gasteiger partial charge in [0.25, 0.3) is 0 Å². The molecular formula is C29H32N2O3. The van der Waals surface area contributed by atoms with Crippen LogP contribution in [0.25, 0.3) is 10.9 Å². The minimum atomic E-state index is -0.447. The molecule has 2 heterocycles. The molecule has 3 aromatic rings. The normalized spacial score (nSPS) is 28.6. The van der Waals surface area contributed by atoms with Gasteiger partial charge in [0.05, 0.1) is 24.6 Å². The van der Waals surface area contributed by atoms with Gasteiger partial charge in [0.1, 0.15) is 5.75 Å². The number of anilines is 1. The maximum Gasteiger partial charge on any atom is 0.243 e. The molecule has 2 amide bonds. The molecule has 1 N–H and O–H groups in total. The topological polar surface area (TPSA) is 62.4 Å². The van der Waals surface area contributed by atoms with E-state index in [1.807, 2.05) is 30.3 Å². The lowest BCUT2D eigenvalue weighted by Crippen LogP contribution is -2.41. The van der Waals surface area contributed by atoms with Crippen molar-refractivity contribution < 1.29 is 14.3 Å². The molecule has 1 aromatic heterocycles. The monoisotopic (exact) mass is 456 g/mol. The molecule has 0 bridgehead atoms. The van der Waals surface area contributed by atoms with Gasteiger partial charge in [-0.15, -0.1) is 0 Å². The van der Waals surface area contributed by atoms with E-state index in [4.69, 9.17) is 4.74 Å². The molecule has 3 aliphatic rings. The zero-order chi connectivity index (χ0) is 23.8. The van der Waals surface area contributed by atoms with Crippen molar-refractivity contribution in [1.82, 2.24) is 4.98 Å². The summed E-state index contributed by atoms with van der Waals surface area (Å²) in [5.41, 5.74) is 4.13. The van der Waals surface area contributed by atoms with Gasteiger partial charge in [-0.05, 0) is 78.3 Å². The van der Waals surface area contributed by atoms with Crippen LogP contribution in [0.2, 0.25) is 0 Å². The molecule has 1 aliphatic heterocycles. The molecule has 34 heavy (non-hydrogen) atoms. The molecule has 2 aromatic carbocycles. The van der Waals surface area contributed by atoms with Gasteiger partial charge in [-0.2, -0.15) is 0 Å². The number of aromatic amines is 1. The fourth-order valence-electron chi connectivity index (χ4n) is 6.99. The van der Waals surface area contributed by atoms with Gasteiger partial charge in [0, 0.05) is 16.6 Å². The summed E-state index contributed by atoms with van der Waals surface area (Å²) in [6.45, 7) is 6.92. The number of para-hydroxylation sites is 1. The second kappa shape index (κ2) is 7.46. The molecule has 1 saturated carbocycles. The third-order valence-corrected chi connectivity index (χ3v) is 8.73. The summed E-state index contributed by atoms with van der Waals surface area (Å²) in [4.78, 5) is 33.0. The van der Waals surface area contributed by atoms with E-state index < -0.39 is 5.92 Å². The fourth-order valence-corrected chi connectivity index (χ4v) is 6.99. The number of nitrogens with one attached hydrogen (secondary N) is 1. The van der Waals surface area contributed by atoms with Crippen molar-refractivity contribution in [3.8, 4) is 5.75 Å². The van der Waals surface area contributed by atoms with Crippen molar-refractivity contribution in [3.63, 3.8) is 0 Å². The number of aromatic nitrogens is 1. The van der Waals surface area contributed by atoms with Crippen LogP contribution in [0.5, 0.6) is 5.75 Å². The van der Waals surface area contributed by atoms with E-state index in [2.05, 4.69) is 44.0 Å². The number of carbonyl (C=O) groups is 2. The van der Waals surface area contributed by atoms with Crippen LogP contribution in [0.4, 0.5) is 5.69 Å². The highest BCUT2D eigenvalue weighted by atomic mass is 16.5. The number of benzene rings is 2. The number of H-pyrrole nitrogens is 1. The predicted molar refractivity (Wildman–Crippen MR) is 133 cm³/mol. The first-order valence-electron chi connectivity index (χ1n) is 12.4. The highest BCUT2D eigenvalue weighted by Gasteiger charge is 2.59. The maximum atomic E-state index is 14.0. The van der Waals surface area contributed by atoms with Gasteiger partial charge in [0.15, 0.2) is 0 Å². The number of imide groups is 1. The zero-order valence-electron chi connectivity index (χ0n) is 20.3. The Morgan fingerprint density at radius 2 is 1.71 bits per heavy atom. The lowest BCUT2D eigenvalue weighted by Gasteiger charge is -2.47. The minimum Gasteiger partial charge on any atom is -0.497 e. The summed E-state index contributed by atoms with van der Waals surface area (Å²) in [5.74, 6) is 0.811. The van der Waals surface area contributed by atoms with Crippen LogP contribution in [0.3, 0.4) is 0 Å². The van der Waals surface area contributed by atoms with Crippen molar-refractivity contribution in [1.29, 1.82) is 0 Å². The predicted octanol–water partition coefficient (Wildman–Crippen LogP) is 6.01. The van der Waals surface area contributed by atoms with Crippen LogP contribution in [0, 0.1) is 23.2 Å². The van der Waals surface area contributed by atoms with Crippen LogP contribution in [0.1, 0.15) is 63.1 Å². The summed E-state index contributed by atoms with van der Waals surface area (Å²) < 4.78 is 5.28. The maximum absolute atomic E-state index is 14.0. The lowest BCUT2D eigenvalue weighted by molar-refractivity contribution is -0.123. The van der Waals surface area contributed by atoms with Crippen LogP contribution >= 0.6 is 0 Å². The average molecular weight is 457 g/mol. The largest absolute Gasteiger partial charge is 0.497 e. The number of hydrogen-bond donors (Lipinski definition) is 1. The van der Waals surface area contributed by atoms with Gasteiger partial charge in [0.2, 0.25) is 11.8 Å². The molecule has 2 aliphatic carbocycles. The van der Waals surface area contributed by atoms with Gasteiger partial charge < -0.3 is 9.72 Å². The molecular weight excluding hydrogens is 424 g/mol. The SMILES string of the molecule is COc1ccc(N2C(=O)[C@@H]3[C@H](C2=O)c2[nH]c4ccccc4c2C2CCC(C(C)(C)C)C[C@@H]23)cc1. The summed E-state index contributed by atoms with van der Waals surface area (Å²) in [6.07, 6.45) is 3.21. The van der Waals surface area contributed by atoms with Crippen molar-refractivity contribution in [2.24, 2.45) is 23.2 Å². The van der Waals surface area contributed by atoms with E-state index >= 15 is 0 Å². The van der Waals surface area contributed by atoms with Crippen LogP contribution < -0.4 is 9.64 Å². The fraction of sp³-hybridized carbons (Fsp3) is 0.448. The highest BCUT2D eigenvalue weighted by Crippen LogP contribution is 2.60. The van der Waals surface area contributed by atoms with E-state index in [0.717, 1.165) is 30.5 Å². The number of methoxy groups -OCH3 is 1. The molecule has 2 fully saturated rings. The first-order chi connectivity index (χ1) is 16.3. The summed E-state index contributed by atoms with van der Waals surface area (Å²) >= 11 is 0. The van der Waals surface area contributed by atoms with Gasteiger partial charge >= 0.3 is 0 Å². The quantitative estimate of drug-likeness (QED) is 0.481. The molecule has 5 atom stereocenters.